The Morgan fingerprint density at radius 1 is 1.20 bits per heavy atom. The average Bonchev–Trinajstić information content (AvgIpc) is 2.71. The number of hydrogen-bond donors (Lipinski definition) is 1. The van der Waals surface area contributed by atoms with Crippen LogP contribution in [0.4, 0.5) is 5.69 Å². The monoisotopic (exact) mass is 296 g/mol. The van der Waals surface area contributed by atoms with E-state index in [1.165, 1.54) is 0 Å². The molecule has 0 aliphatic carbocycles. The molecule has 5 nitrogen and oxygen atoms in total. The van der Waals surface area contributed by atoms with E-state index in [-0.39, 0.29) is 5.25 Å². The van der Waals surface area contributed by atoms with E-state index in [2.05, 4.69) is 5.32 Å². The molecule has 110 valence electrons. The lowest BCUT2D eigenvalue weighted by Crippen LogP contribution is -2.43. The highest BCUT2D eigenvalue weighted by Gasteiger charge is 2.34. The van der Waals surface area contributed by atoms with Crippen LogP contribution in [0, 0.1) is 0 Å². The second-order valence-electron chi connectivity index (χ2n) is 5.23. The Labute approximate surface area is 120 Å². The van der Waals surface area contributed by atoms with Crippen molar-refractivity contribution < 1.29 is 13.2 Å². The predicted octanol–water partition coefficient (Wildman–Crippen LogP) is 1.10. The summed E-state index contributed by atoms with van der Waals surface area (Å²) < 4.78 is 32.7. The Hall–Kier alpha value is -1.11. The van der Waals surface area contributed by atoms with Crippen molar-refractivity contribution in [3.05, 3.63) is 29.8 Å². The molecule has 0 aromatic heterocycles. The molecule has 20 heavy (non-hydrogen) atoms. The van der Waals surface area contributed by atoms with E-state index in [9.17, 15) is 8.42 Å². The van der Waals surface area contributed by atoms with Crippen LogP contribution >= 0.6 is 0 Å². The molecule has 3 rings (SSSR count). The summed E-state index contributed by atoms with van der Waals surface area (Å²) in [6.45, 7) is 2.97. The van der Waals surface area contributed by atoms with Gasteiger partial charge in [-0.15, -0.1) is 0 Å². The number of fused-ring (bicyclic) bond motifs is 1. The normalized spacial score (nSPS) is 21.3. The van der Waals surface area contributed by atoms with E-state index in [0.717, 1.165) is 17.8 Å². The van der Waals surface area contributed by atoms with Crippen molar-refractivity contribution in [1.29, 1.82) is 0 Å². The maximum atomic E-state index is 12.9. The molecule has 0 spiro atoms. The number of nitrogens with zero attached hydrogens (tertiary/aromatic N) is 1. The number of nitrogens with one attached hydrogen (secondary N) is 1. The minimum Gasteiger partial charge on any atom is -0.381 e. The van der Waals surface area contributed by atoms with E-state index in [0.29, 0.717) is 39.1 Å². The van der Waals surface area contributed by atoms with Gasteiger partial charge in [-0.2, -0.15) is 0 Å². The van der Waals surface area contributed by atoms with Crippen LogP contribution in [0.2, 0.25) is 0 Å². The number of para-hydroxylation sites is 1. The van der Waals surface area contributed by atoms with Crippen molar-refractivity contribution in [3.63, 3.8) is 0 Å². The van der Waals surface area contributed by atoms with Crippen LogP contribution in [0.1, 0.15) is 18.4 Å². The van der Waals surface area contributed by atoms with Crippen molar-refractivity contribution in [2.45, 2.75) is 24.6 Å². The standard InChI is InChI=1S/C14H20N2O3S/c17-20(18,13-5-9-19-10-6-13)16-8-7-15-11-12-3-1-2-4-14(12)16/h1-4,13,15H,5-11H2. The van der Waals surface area contributed by atoms with Crippen LogP contribution in [0.25, 0.3) is 0 Å². The van der Waals surface area contributed by atoms with Gasteiger partial charge in [-0.25, -0.2) is 8.42 Å². The lowest BCUT2D eigenvalue weighted by molar-refractivity contribution is 0.0983. The van der Waals surface area contributed by atoms with Gasteiger partial charge < -0.3 is 10.1 Å². The number of ether oxygens (including phenoxy) is 1. The number of hydrogen-bond acceptors (Lipinski definition) is 4. The summed E-state index contributed by atoms with van der Waals surface area (Å²) in [6, 6.07) is 7.74. The van der Waals surface area contributed by atoms with Gasteiger partial charge in [0.05, 0.1) is 10.9 Å². The zero-order valence-corrected chi connectivity index (χ0v) is 12.2. The lowest BCUT2D eigenvalue weighted by atomic mass is 10.2. The summed E-state index contributed by atoms with van der Waals surface area (Å²) in [5.41, 5.74) is 1.87. The van der Waals surface area contributed by atoms with Gasteiger partial charge in [-0.3, -0.25) is 4.31 Å². The second kappa shape index (κ2) is 5.71. The molecule has 2 heterocycles. The van der Waals surface area contributed by atoms with Gasteiger partial charge in [0.1, 0.15) is 0 Å². The van der Waals surface area contributed by atoms with E-state index in [1.54, 1.807) is 4.31 Å². The lowest BCUT2D eigenvalue weighted by Gasteiger charge is -2.31. The second-order valence-corrected chi connectivity index (χ2v) is 7.37. The van der Waals surface area contributed by atoms with Crippen LogP contribution in [0.15, 0.2) is 24.3 Å². The Balaban J connectivity index is 1.96. The van der Waals surface area contributed by atoms with Gasteiger partial charge in [0.15, 0.2) is 0 Å². The molecule has 1 aromatic carbocycles. The van der Waals surface area contributed by atoms with Crippen LogP contribution in [-0.2, 0) is 21.3 Å². The Morgan fingerprint density at radius 3 is 2.75 bits per heavy atom. The molecule has 2 aliphatic heterocycles. The molecule has 0 unspecified atom stereocenters. The zero-order chi connectivity index (χ0) is 14.0. The Kier molecular flexibility index (Phi) is 3.96. The first kappa shape index (κ1) is 13.9. The van der Waals surface area contributed by atoms with Gasteiger partial charge >= 0.3 is 0 Å². The van der Waals surface area contributed by atoms with Crippen LogP contribution in [0.3, 0.4) is 0 Å². The summed E-state index contributed by atoms with van der Waals surface area (Å²) in [5, 5.41) is 2.96. The molecule has 6 heteroatoms. The van der Waals surface area contributed by atoms with Gasteiger partial charge in [-0.05, 0) is 24.5 Å². The fourth-order valence-electron chi connectivity index (χ4n) is 2.85. The molecule has 2 aliphatic rings. The summed E-state index contributed by atoms with van der Waals surface area (Å²) in [7, 11) is -3.31. The van der Waals surface area contributed by atoms with Crippen molar-refractivity contribution >= 4 is 15.7 Å². The Bertz CT molecular complexity index is 568. The third kappa shape index (κ3) is 2.55. The molecule has 0 bridgehead atoms. The first-order valence-electron chi connectivity index (χ1n) is 7.07. The van der Waals surface area contributed by atoms with Crippen LogP contribution in [-0.4, -0.2) is 40.0 Å². The smallest absolute Gasteiger partial charge is 0.238 e. The molecule has 1 N–H and O–H groups in total. The van der Waals surface area contributed by atoms with Gasteiger partial charge in [0.25, 0.3) is 0 Å². The van der Waals surface area contributed by atoms with E-state index in [4.69, 9.17) is 4.74 Å². The fourth-order valence-corrected chi connectivity index (χ4v) is 4.79. The minimum absolute atomic E-state index is 0.317. The van der Waals surface area contributed by atoms with E-state index in [1.807, 2.05) is 24.3 Å². The van der Waals surface area contributed by atoms with Crippen LogP contribution in [0.5, 0.6) is 0 Å². The van der Waals surface area contributed by atoms with E-state index < -0.39 is 10.0 Å². The van der Waals surface area contributed by atoms with Crippen molar-refractivity contribution in [1.82, 2.24) is 5.32 Å². The summed E-state index contributed by atoms with van der Waals surface area (Å²) in [4.78, 5) is 0. The quantitative estimate of drug-likeness (QED) is 0.888. The van der Waals surface area contributed by atoms with Gasteiger partial charge in [-0.1, -0.05) is 18.2 Å². The van der Waals surface area contributed by atoms with E-state index >= 15 is 0 Å². The Morgan fingerprint density at radius 2 is 1.95 bits per heavy atom. The third-order valence-corrected chi connectivity index (χ3v) is 6.27. The number of anilines is 1. The minimum atomic E-state index is -3.31. The zero-order valence-electron chi connectivity index (χ0n) is 11.4. The maximum Gasteiger partial charge on any atom is 0.238 e. The summed E-state index contributed by atoms with van der Waals surface area (Å²) >= 11 is 0. The van der Waals surface area contributed by atoms with Crippen molar-refractivity contribution in [2.24, 2.45) is 0 Å². The molecule has 0 radical (unpaired) electrons. The molecule has 0 saturated carbocycles. The first-order chi connectivity index (χ1) is 9.69. The molecule has 1 aromatic rings. The largest absolute Gasteiger partial charge is 0.381 e. The highest BCUT2D eigenvalue weighted by atomic mass is 32.2. The fraction of sp³-hybridized carbons (Fsp3) is 0.571. The molecule has 0 atom stereocenters. The molecule has 1 saturated heterocycles. The highest BCUT2D eigenvalue weighted by molar-refractivity contribution is 7.93. The molecule has 1 fully saturated rings. The SMILES string of the molecule is O=S(=O)(C1CCOCC1)N1CCNCc2ccccc21. The first-order valence-corrected chi connectivity index (χ1v) is 8.58. The molecular weight excluding hydrogens is 276 g/mol. The van der Waals surface area contributed by atoms with Crippen molar-refractivity contribution in [3.8, 4) is 0 Å². The molecular formula is C14H20N2O3S. The summed E-state index contributed by atoms with van der Waals surface area (Å²) in [6.07, 6.45) is 1.18. The van der Waals surface area contributed by atoms with Gasteiger partial charge in [0.2, 0.25) is 10.0 Å². The third-order valence-electron chi connectivity index (χ3n) is 3.96. The van der Waals surface area contributed by atoms with Crippen LogP contribution < -0.4 is 9.62 Å². The topological polar surface area (TPSA) is 58.6 Å². The van der Waals surface area contributed by atoms with Crippen molar-refractivity contribution in [2.75, 3.05) is 30.6 Å². The highest BCUT2D eigenvalue weighted by Crippen LogP contribution is 2.29. The number of sulfonamides is 1. The number of rotatable bonds is 2. The maximum absolute atomic E-state index is 12.9. The predicted molar refractivity (Wildman–Crippen MR) is 78.3 cm³/mol. The summed E-state index contributed by atoms with van der Waals surface area (Å²) in [5.74, 6) is 0. The molecule has 0 amide bonds. The number of benzene rings is 1. The van der Waals surface area contributed by atoms with Gasteiger partial charge in [0, 0.05) is 32.8 Å². The average molecular weight is 296 g/mol.